The molecule has 36 heavy (non-hydrogen) atoms. The number of rotatable bonds is 6. The minimum Gasteiger partial charge on any atom is -0.368 e. The Morgan fingerprint density at radius 3 is 2.06 bits per heavy atom. The predicted molar refractivity (Wildman–Crippen MR) is 147 cm³/mol. The summed E-state index contributed by atoms with van der Waals surface area (Å²) >= 11 is 12.4. The molecule has 0 atom stereocenters. The molecule has 1 fully saturated rings. The van der Waals surface area contributed by atoms with E-state index < -0.39 is 10.0 Å². The van der Waals surface area contributed by atoms with Crippen LogP contribution in [0.25, 0.3) is 0 Å². The third-order valence-electron chi connectivity index (χ3n) is 6.47. The van der Waals surface area contributed by atoms with E-state index in [1.165, 1.54) is 4.31 Å². The van der Waals surface area contributed by atoms with Crippen molar-refractivity contribution in [3.8, 4) is 0 Å². The number of carbonyl (C=O) groups excluding carboxylic acids is 1. The Balaban J connectivity index is 1.58. The second-order valence-electron chi connectivity index (χ2n) is 9.05. The second-order valence-corrected chi connectivity index (χ2v) is 11.8. The molecule has 1 aliphatic rings. The zero-order valence-corrected chi connectivity index (χ0v) is 22.9. The summed E-state index contributed by atoms with van der Waals surface area (Å²) in [4.78, 5) is 17.5. The average Bonchev–Trinajstić information content (AvgIpc) is 2.86. The summed E-state index contributed by atoms with van der Waals surface area (Å²) in [5.74, 6) is -0.257. The van der Waals surface area contributed by atoms with E-state index in [2.05, 4.69) is 4.90 Å². The lowest BCUT2D eigenvalue weighted by Crippen LogP contribution is -2.52. The van der Waals surface area contributed by atoms with Crippen molar-refractivity contribution in [2.45, 2.75) is 25.7 Å². The third kappa shape index (κ3) is 5.64. The summed E-state index contributed by atoms with van der Waals surface area (Å²) in [6, 6.07) is 17.5. The molecule has 1 amide bonds. The maximum absolute atomic E-state index is 13.7. The van der Waals surface area contributed by atoms with Gasteiger partial charge in [-0.1, -0.05) is 53.0 Å². The number of halogens is 2. The van der Waals surface area contributed by atoms with E-state index >= 15 is 0 Å². The first-order valence-corrected chi connectivity index (χ1v) is 13.9. The fourth-order valence-electron chi connectivity index (χ4n) is 4.33. The van der Waals surface area contributed by atoms with Gasteiger partial charge in [0.1, 0.15) is 6.54 Å². The van der Waals surface area contributed by atoms with Gasteiger partial charge in [0.05, 0.1) is 10.6 Å². The van der Waals surface area contributed by atoms with E-state index in [0.29, 0.717) is 47.5 Å². The Kier molecular flexibility index (Phi) is 7.83. The van der Waals surface area contributed by atoms with Gasteiger partial charge in [-0.2, -0.15) is 0 Å². The van der Waals surface area contributed by atoms with Gasteiger partial charge in [-0.25, -0.2) is 8.42 Å². The third-order valence-corrected chi connectivity index (χ3v) is 8.72. The first-order valence-electron chi connectivity index (χ1n) is 11.7. The van der Waals surface area contributed by atoms with Crippen LogP contribution >= 0.6 is 23.2 Å². The standard InChI is InChI=1S/C27H29Cl2N3O3S/c1-19-4-10-24(11-5-19)36(34,35)32(26-17-23(29)9-7-21(26)3)18-27(33)31-14-12-30(13-15-31)25-16-22(28)8-6-20(25)2/h4-11,16-17H,12-15,18H2,1-3H3. The highest BCUT2D eigenvalue weighted by Gasteiger charge is 2.31. The van der Waals surface area contributed by atoms with Gasteiger partial charge in [0.15, 0.2) is 0 Å². The van der Waals surface area contributed by atoms with Crippen LogP contribution in [-0.2, 0) is 14.8 Å². The SMILES string of the molecule is Cc1ccc(S(=O)(=O)N(CC(=O)N2CCN(c3cc(Cl)ccc3C)CC2)c2cc(Cl)ccc2C)cc1. The molecule has 9 heteroatoms. The van der Waals surface area contributed by atoms with Crippen LogP contribution in [0.4, 0.5) is 11.4 Å². The fourth-order valence-corrected chi connectivity index (χ4v) is 6.13. The summed E-state index contributed by atoms with van der Waals surface area (Å²) in [7, 11) is -4.01. The largest absolute Gasteiger partial charge is 0.368 e. The van der Waals surface area contributed by atoms with Gasteiger partial charge in [0.2, 0.25) is 5.91 Å². The Bertz CT molecular complexity index is 1370. The number of aryl methyl sites for hydroxylation is 3. The number of carbonyl (C=O) groups is 1. The first kappa shape index (κ1) is 26.3. The van der Waals surface area contributed by atoms with E-state index in [0.717, 1.165) is 16.8 Å². The lowest BCUT2D eigenvalue weighted by atomic mass is 10.1. The molecule has 1 heterocycles. The molecule has 3 aromatic carbocycles. The zero-order valence-electron chi connectivity index (χ0n) is 20.5. The summed E-state index contributed by atoms with van der Waals surface area (Å²) < 4.78 is 28.6. The molecule has 0 bridgehead atoms. The minimum atomic E-state index is -4.01. The lowest BCUT2D eigenvalue weighted by molar-refractivity contribution is -0.129. The molecule has 1 aliphatic heterocycles. The van der Waals surface area contributed by atoms with Gasteiger partial charge in [0.25, 0.3) is 10.0 Å². The van der Waals surface area contributed by atoms with Gasteiger partial charge >= 0.3 is 0 Å². The Labute approximate surface area is 223 Å². The van der Waals surface area contributed by atoms with Crippen molar-refractivity contribution < 1.29 is 13.2 Å². The van der Waals surface area contributed by atoms with Gasteiger partial charge in [-0.15, -0.1) is 0 Å². The maximum atomic E-state index is 13.7. The maximum Gasteiger partial charge on any atom is 0.264 e. The molecule has 6 nitrogen and oxygen atoms in total. The number of anilines is 2. The molecule has 4 rings (SSSR count). The summed E-state index contributed by atoms with van der Waals surface area (Å²) in [5, 5.41) is 1.07. The average molecular weight is 547 g/mol. The highest BCUT2D eigenvalue weighted by Crippen LogP contribution is 2.30. The second kappa shape index (κ2) is 10.7. The van der Waals surface area contributed by atoms with Crippen molar-refractivity contribution in [2.75, 3.05) is 41.9 Å². The lowest BCUT2D eigenvalue weighted by Gasteiger charge is -2.38. The highest BCUT2D eigenvalue weighted by atomic mass is 35.5. The van der Waals surface area contributed by atoms with E-state index in [1.807, 2.05) is 32.0 Å². The summed E-state index contributed by atoms with van der Waals surface area (Å²) in [6.45, 7) is 7.65. The number of benzene rings is 3. The quantitative estimate of drug-likeness (QED) is 0.412. The summed E-state index contributed by atoms with van der Waals surface area (Å²) in [5.41, 5.74) is 4.22. The van der Waals surface area contributed by atoms with Crippen molar-refractivity contribution in [3.05, 3.63) is 87.4 Å². The fraction of sp³-hybridized carbons (Fsp3) is 0.296. The topological polar surface area (TPSA) is 60.9 Å². The van der Waals surface area contributed by atoms with Crippen LogP contribution in [0.3, 0.4) is 0 Å². The predicted octanol–water partition coefficient (Wildman–Crippen LogP) is 5.46. The van der Waals surface area contributed by atoms with Gasteiger partial charge in [-0.3, -0.25) is 9.10 Å². The number of hydrogen-bond acceptors (Lipinski definition) is 4. The minimum absolute atomic E-state index is 0.126. The van der Waals surface area contributed by atoms with Crippen molar-refractivity contribution in [1.29, 1.82) is 0 Å². The highest BCUT2D eigenvalue weighted by molar-refractivity contribution is 7.92. The number of amides is 1. The molecule has 190 valence electrons. The van der Waals surface area contributed by atoms with Crippen molar-refractivity contribution in [2.24, 2.45) is 0 Å². The van der Waals surface area contributed by atoms with E-state index in [9.17, 15) is 13.2 Å². The molecule has 0 radical (unpaired) electrons. The molecular weight excluding hydrogens is 517 g/mol. The molecule has 0 aliphatic carbocycles. The number of hydrogen-bond donors (Lipinski definition) is 0. The van der Waals surface area contributed by atoms with Crippen molar-refractivity contribution >= 4 is 50.5 Å². The van der Waals surface area contributed by atoms with E-state index in [-0.39, 0.29) is 17.3 Å². The van der Waals surface area contributed by atoms with Gasteiger partial charge in [0, 0.05) is 41.9 Å². The monoisotopic (exact) mass is 545 g/mol. The van der Waals surface area contributed by atoms with Crippen LogP contribution in [0.5, 0.6) is 0 Å². The molecule has 3 aromatic rings. The molecule has 1 saturated heterocycles. The van der Waals surface area contributed by atoms with Crippen LogP contribution < -0.4 is 9.21 Å². The number of piperazine rings is 1. The molecule has 0 N–H and O–H groups in total. The molecule has 0 saturated carbocycles. The molecule has 0 aromatic heterocycles. The number of nitrogens with zero attached hydrogens (tertiary/aromatic N) is 3. The van der Waals surface area contributed by atoms with Gasteiger partial charge < -0.3 is 9.80 Å². The van der Waals surface area contributed by atoms with Crippen LogP contribution in [0.15, 0.2) is 65.6 Å². The first-order chi connectivity index (χ1) is 17.1. The Hall–Kier alpha value is -2.74. The normalized spacial score (nSPS) is 14.1. The van der Waals surface area contributed by atoms with Crippen molar-refractivity contribution in [3.63, 3.8) is 0 Å². The summed E-state index contributed by atoms with van der Waals surface area (Å²) in [6.07, 6.45) is 0. The molecule has 0 spiro atoms. The van der Waals surface area contributed by atoms with Crippen LogP contribution in [0, 0.1) is 20.8 Å². The Morgan fingerprint density at radius 1 is 0.833 bits per heavy atom. The van der Waals surface area contributed by atoms with Crippen LogP contribution in [0.2, 0.25) is 10.0 Å². The number of sulfonamides is 1. The smallest absolute Gasteiger partial charge is 0.264 e. The molecular formula is C27H29Cl2N3O3S. The van der Waals surface area contributed by atoms with Crippen LogP contribution in [-0.4, -0.2) is 51.9 Å². The van der Waals surface area contributed by atoms with E-state index in [4.69, 9.17) is 23.2 Å². The molecule has 0 unspecified atom stereocenters. The van der Waals surface area contributed by atoms with Crippen LogP contribution in [0.1, 0.15) is 16.7 Å². The van der Waals surface area contributed by atoms with E-state index in [1.54, 1.807) is 54.3 Å². The van der Waals surface area contributed by atoms with Crippen molar-refractivity contribution in [1.82, 2.24) is 4.90 Å². The van der Waals surface area contributed by atoms with Gasteiger partial charge in [-0.05, 0) is 68.3 Å². The zero-order chi connectivity index (χ0) is 26.0. The Morgan fingerprint density at radius 2 is 1.42 bits per heavy atom.